The van der Waals surface area contributed by atoms with Crippen molar-refractivity contribution in [1.29, 1.82) is 0 Å². The van der Waals surface area contributed by atoms with Crippen LogP contribution in [0.3, 0.4) is 0 Å². The van der Waals surface area contributed by atoms with Crippen LogP contribution in [0.2, 0.25) is 0 Å². The number of carbonyl (C=O) groups is 1. The summed E-state index contributed by atoms with van der Waals surface area (Å²) in [7, 11) is 0. The Labute approximate surface area is 194 Å². The predicted molar refractivity (Wildman–Crippen MR) is 133 cm³/mol. The van der Waals surface area contributed by atoms with Crippen molar-refractivity contribution in [1.82, 2.24) is 9.13 Å². The summed E-state index contributed by atoms with van der Waals surface area (Å²) in [6.45, 7) is 5.45. The quantitative estimate of drug-likeness (QED) is 0.435. The van der Waals surface area contributed by atoms with Gasteiger partial charge < -0.3 is 9.73 Å². The molecule has 1 N–H and O–H groups in total. The zero-order valence-electron chi connectivity index (χ0n) is 19.1. The molecule has 170 valence electrons. The molecule has 0 unspecified atom stereocenters. The molecule has 0 bridgehead atoms. The molecule has 0 aliphatic rings. The number of para-hydroxylation sites is 1. The minimum Gasteiger partial charge on any atom is -0.449 e. The van der Waals surface area contributed by atoms with Crippen molar-refractivity contribution < 1.29 is 9.21 Å². The van der Waals surface area contributed by atoms with Crippen LogP contribution in [0.4, 0.5) is 5.69 Å². The highest BCUT2D eigenvalue weighted by atomic mass is 16.3. The van der Waals surface area contributed by atoms with Gasteiger partial charge in [0.2, 0.25) is 11.5 Å². The molecule has 3 aromatic carbocycles. The Kier molecular flexibility index (Phi) is 5.17. The molecule has 1 amide bonds. The first-order valence-corrected chi connectivity index (χ1v) is 10.9. The Balaban J connectivity index is 1.74. The fourth-order valence-electron chi connectivity index (χ4n) is 4.37. The van der Waals surface area contributed by atoms with Gasteiger partial charge in [0.15, 0.2) is 0 Å². The molecule has 0 atom stereocenters. The standard InChI is InChI=1S/C27H23N3O4/c1-16-7-6-8-19(12-16)28-23(31)15-29-24-21-9-4-5-10-22(21)34-25(24)26(32)30(27(29)33)20-13-17(2)11-18(3)14-20/h4-14H,15H2,1-3H3,(H,28,31). The topological polar surface area (TPSA) is 86.2 Å². The van der Waals surface area contributed by atoms with Gasteiger partial charge in [-0.3, -0.25) is 14.2 Å². The number of rotatable bonds is 4. The number of aryl methyl sites for hydroxylation is 3. The molecule has 0 radical (unpaired) electrons. The molecule has 0 aliphatic heterocycles. The summed E-state index contributed by atoms with van der Waals surface area (Å²) in [6.07, 6.45) is 0. The van der Waals surface area contributed by atoms with Crippen molar-refractivity contribution in [2.45, 2.75) is 27.3 Å². The fraction of sp³-hybridized carbons (Fsp3) is 0.148. The van der Waals surface area contributed by atoms with Gasteiger partial charge in [0.05, 0.1) is 5.69 Å². The van der Waals surface area contributed by atoms with E-state index in [0.29, 0.717) is 27.9 Å². The Bertz CT molecular complexity index is 1690. The van der Waals surface area contributed by atoms with Crippen LogP contribution in [-0.4, -0.2) is 15.0 Å². The Hall–Kier alpha value is -4.39. The molecule has 0 saturated carbocycles. The van der Waals surface area contributed by atoms with Gasteiger partial charge in [0.1, 0.15) is 17.6 Å². The third-order valence-corrected chi connectivity index (χ3v) is 5.73. The van der Waals surface area contributed by atoms with Crippen molar-refractivity contribution >= 4 is 33.7 Å². The molecule has 0 spiro atoms. The smallest absolute Gasteiger partial charge is 0.336 e. The summed E-state index contributed by atoms with van der Waals surface area (Å²) in [5, 5.41) is 3.44. The SMILES string of the molecule is Cc1cccc(NC(=O)Cn2c(=O)n(-c3cc(C)cc(C)c3)c(=O)c3oc4ccccc4c32)c1. The molecule has 0 fully saturated rings. The van der Waals surface area contributed by atoms with Crippen molar-refractivity contribution in [2.24, 2.45) is 0 Å². The van der Waals surface area contributed by atoms with Crippen LogP contribution in [0, 0.1) is 20.8 Å². The summed E-state index contributed by atoms with van der Waals surface area (Å²) in [5.74, 6) is -0.384. The molecule has 5 aromatic rings. The van der Waals surface area contributed by atoms with Gasteiger partial charge in [-0.1, -0.05) is 30.3 Å². The Morgan fingerprint density at radius 2 is 1.62 bits per heavy atom. The molecular formula is C27H23N3O4. The van der Waals surface area contributed by atoms with E-state index in [2.05, 4.69) is 5.32 Å². The van der Waals surface area contributed by atoms with Gasteiger partial charge in [0.25, 0.3) is 0 Å². The van der Waals surface area contributed by atoms with E-state index in [-0.39, 0.29) is 18.0 Å². The van der Waals surface area contributed by atoms with Gasteiger partial charge in [-0.05, 0) is 73.9 Å². The second-order valence-corrected chi connectivity index (χ2v) is 8.55. The molecule has 2 heterocycles. The largest absolute Gasteiger partial charge is 0.449 e. The van der Waals surface area contributed by atoms with Crippen molar-refractivity contribution in [2.75, 3.05) is 5.32 Å². The molecule has 34 heavy (non-hydrogen) atoms. The van der Waals surface area contributed by atoms with Crippen LogP contribution in [0.5, 0.6) is 0 Å². The summed E-state index contributed by atoms with van der Waals surface area (Å²) >= 11 is 0. The van der Waals surface area contributed by atoms with E-state index in [4.69, 9.17) is 4.42 Å². The molecule has 2 aromatic heterocycles. The first-order chi connectivity index (χ1) is 16.3. The minimum atomic E-state index is -0.603. The number of hydrogen-bond donors (Lipinski definition) is 1. The van der Waals surface area contributed by atoms with Crippen LogP contribution in [0.15, 0.2) is 80.7 Å². The normalized spacial score (nSPS) is 11.3. The van der Waals surface area contributed by atoms with E-state index >= 15 is 0 Å². The Morgan fingerprint density at radius 1 is 0.882 bits per heavy atom. The average molecular weight is 453 g/mol. The number of hydrogen-bond acceptors (Lipinski definition) is 4. The maximum absolute atomic E-state index is 13.7. The summed E-state index contributed by atoms with van der Waals surface area (Å²) in [4.78, 5) is 40.2. The van der Waals surface area contributed by atoms with E-state index in [1.807, 2.05) is 45.0 Å². The highest BCUT2D eigenvalue weighted by Crippen LogP contribution is 2.26. The summed E-state index contributed by atoms with van der Waals surface area (Å²) in [6, 6.07) is 20.0. The number of amides is 1. The van der Waals surface area contributed by atoms with E-state index < -0.39 is 11.2 Å². The summed E-state index contributed by atoms with van der Waals surface area (Å²) < 4.78 is 8.28. The van der Waals surface area contributed by atoms with Crippen LogP contribution >= 0.6 is 0 Å². The zero-order valence-corrected chi connectivity index (χ0v) is 19.1. The molecule has 5 rings (SSSR count). The maximum atomic E-state index is 13.7. The first kappa shape index (κ1) is 21.5. The monoisotopic (exact) mass is 453 g/mol. The number of fused-ring (bicyclic) bond motifs is 3. The number of benzene rings is 3. The number of nitrogens with zero attached hydrogens (tertiary/aromatic N) is 2. The number of carbonyl (C=O) groups excluding carboxylic acids is 1. The number of aromatic nitrogens is 2. The van der Waals surface area contributed by atoms with E-state index in [1.165, 1.54) is 4.57 Å². The number of anilines is 1. The van der Waals surface area contributed by atoms with Gasteiger partial charge in [-0.15, -0.1) is 0 Å². The summed E-state index contributed by atoms with van der Waals surface area (Å²) in [5.41, 5.74) is 3.54. The highest BCUT2D eigenvalue weighted by Gasteiger charge is 2.22. The Morgan fingerprint density at radius 3 is 2.35 bits per heavy atom. The van der Waals surface area contributed by atoms with Crippen LogP contribution in [0.25, 0.3) is 27.8 Å². The zero-order chi connectivity index (χ0) is 24.0. The van der Waals surface area contributed by atoms with E-state index in [9.17, 15) is 14.4 Å². The lowest BCUT2D eigenvalue weighted by Crippen LogP contribution is -2.40. The molecule has 0 aliphatic carbocycles. The second kappa shape index (κ2) is 8.19. The number of nitrogens with one attached hydrogen (secondary N) is 1. The lowest BCUT2D eigenvalue weighted by Gasteiger charge is -2.13. The van der Waals surface area contributed by atoms with Crippen LogP contribution in [-0.2, 0) is 11.3 Å². The van der Waals surface area contributed by atoms with Gasteiger partial charge in [-0.2, -0.15) is 0 Å². The molecule has 7 heteroatoms. The van der Waals surface area contributed by atoms with E-state index in [0.717, 1.165) is 21.3 Å². The predicted octanol–water partition coefficient (Wildman–Crippen LogP) is 4.46. The van der Waals surface area contributed by atoms with Crippen molar-refractivity contribution in [3.05, 3.63) is 104 Å². The first-order valence-electron chi connectivity index (χ1n) is 10.9. The molecule has 7 nitrogen and oxygen atoms in total. The third-order valence-electron chi connectivity index (χ3n) is 5.73. The molecular weight excluding hydrogens is 430 g/mol. The number of furan rings is 1. The van der Waals surface area contributed by atoms with Gasteiger partial charge in [0, 0.05) is 11.1 Å². The van der Waals surface area contributed by atoms with E-state index in [1.54, 1.807) is 42.5 Å². The van der Waals surface area contributed by atoms with Crippen LogP contribution < -0.4 is 16.6 Å². The average Bonchev–Trinajstić information content (AvgIpc) is 3.16. The maximum Gasteiger partial charge on any atom is 0.336 e. The van der Waals surface area contributed by atoms with Gasteiger partial charge in [-0.25, -0.2) is 9.36 Å². The lowest BCUT2D eigenvalue weighted by molar-refractivity contribution is -0.116. The molecule has 0 saturated heterocycles. The fourth-order valence-corrected chi connectivity index (χ4v) is 4.37. The third kappa shape index (κ3) is 3.71. The highest BCUT2D eigenvalue weighted by molar-refractivity contribution is 6.03. The minimum absolute atomic E-state index is 0.0308. The van der Waals surface area contributed by atoms with Gasteiger partial charge >= 0.3 is 11.2 Å². The van der Waals surface area contributed by atoms with Crippen LogP contribution in [0.1, 0.15) is 16.7 Å². The second-order valence-electron chi connectivity index (χ2n) is 8.55. The lowest BCUT2D eigenvalue weighted by atomic mass is 10.1. The van der Waals surface area contributed by atoms with Crippen molar-refractivity contribution in [3.63, 3.8) is 0 Å². The van der Waals surface area contributed by atoms with Crippen molar-refractivity contribution in [3.8, 4) is 5.69 Å².